The molecule has 0 saturated carbocycles. The lowest BCUT2D eigenvalue weighted by molar-refractivity contribution is 0.0923. The Kier molecular flexibility index (Phi) is 4.16. The van der Waals surface area contributed by atoms with Crippen molar-refractivity contribution in [3.05, 3.63) is 35.8 Å². The van der Waals surface area contributed by atoms with Crippen LogP contribution in [0.5, 0.6) is 0 Å². The van der Waals surface area contributed by atoms with E-state index in [1.165, 1.54) is 0 Å². The van der Waals surface area contributed by atoms with Crippen LogP contribution in [-0.2, 0) is 0 Å². The number of nitrogens with zero attached hydrogens (tertiary/aromatic N) is 2. The van der Waals surface area contributed by atoms with E-state index in [9.17, 15) is 4.79 Å². The molecule has 2 aromatic rings. The first-order valence-electron chi connectivity index (χ1n) is 6.51. The lowest BCUT2D eigenvalue weighted by Gasteiger charge is -2.15. The molecule has 2 rings (SSSR count). The van der Waals surface area contributed by atoms with Gasteiger partial charge in [-0.1, -0.05) is 13.0 Å². The fraction of sp³-hybridized carbons (Fsp3) is 0.429. The van der Waals surface area contributed by atoms with Crippen molar-refractivity contribution < 1.29 is 9.90 Å². The molecule has 19 heavy (non-hydrogen) atoms. The molecule has 1 unspecified atom stereocenters. The van der Waals surface area contributed by atoms with Gasteiger partial charge >= 0.3 is 0 Å². The third-order valence-corrected chi connectivity index (χ3v) is 3.19. The van der Waals surface area contributed by atoms with Gasteiger partial charge in [0.1, 0.15) is 11.3 Å². The van der Waals surface area contributed by atoms with Crippen molar-refractivity contribution in [3.8, 4) is 0 Å². The van der Waals surface area contributed by atoms with Crippen LogP contribution in [0.2, 0.25) is 0 Å². The lowest BCUT2D eigenvalue weighted by Crippen LogP contribution is -2.35. The minimum Gasteiger partial charge on any atom is -0.396 e. The van der Waals surface area contributed by atoms with E-state index in [4.69, 9.17) is 5.11 Å². The number of carbonyl (C=O) groups excluding carboxylic acids is 1. The Morgan fingerprint density at radius 2 is 2.32 bits per heavy atom. The largest absolute Gasteiger partial charge is 0.396 e. The fourth-order valence-electron chi connectivity index (χ4n) is 2.05. The zero-order valence-electron chi connectivity index (χ0n) is 11.3. The molecule has 1 atom stereocenters. The van der Waals surface area contributed by atoms with E-state index >= 15 is 0 Å². The van der Waals surface area contributed by atoms with Crippen LogP contribution in [0.4, 0.5) is 0 Å². The first-order valence-corrected chi connectivity index (χ1v) is 6.51. The predicted molar refractivity (Wildman–Crippen MR) is 73.2 cm³/mol. The molecule has 0 fully saturated rings. The van der Waals surface area contributed by atoms with E-state index in [2.05, 4.69) is 10.3 Å². The molecule has 0 aliphatic heterocycles. The van der Waals surface area contributed by atoms with Gasteiger partial charge in [0.05, 0.1) is 6.20 Å². The van der Waals surface area contributed by atoms with Gasteiger partial charge in [0.15, 0.2) is 0 Å². The zero-order chi connectivity index (χ0) is 13.8. The minimum absolute atomic E-state index is 0.00661. The zero-order valence-corrected chi connectivity index (χ0v) is 11.3. The van der Waals surface area contributed by atoms with Crippen LogP contribution in [-0.4, -0.2) is 33.0 Å². The molecular weight excluding hydrogens is 242 g/mol. The second-order valence-electron chi connectivity index (χ2n) is 4.67. The van der Waals surface area contributed by atoms with Crippen molar-refractivity contribution in [1.82, 2.24) is 14.7 Å². The van der Waals surface area contributed by atoms with E-state index in [-0.39, 0.29) is 18.6 Å². The topological polar surface area (TPSA) is 66.6 Å². The molecular formula is C14H19N3O2. The smallest absolute Gasteiger partial charge is 0.270 e. The highest BCUT2D eigenvalue weighted by molar-refractivity contribution is 5.93. The average Bonchev–Trinajstić information content (AvgIpc) is 2.81. The van der Waals surface area contributed by atoms with Gasteiger partial charge in [-0.2, -0.15) is 0 Å². The molecule has 2 heterocycles. The highest BCUT2D eigenvalue weighted by Crippen LogP contribution is 2.09. The summed E-state index contributed by atoms with van der Waals surface area (Å²) in [6.07, 6.45) is 4.83. The second-order valence-corrected chi connectivity index (χ2v) is 4.67. The summed E-state index contributed by atoms with van der Waals surface area (Å²) in [6, 6.07) is 3.84. The number of aliphatic hydroxyl groups excluding tert-OH is 1. The number of carbonyl (C=O) groups is 1. The van der Waals surface area contributed by atoms with E-state index in [0.29, 0.717) is 12.1 Å². The van der Waals surface area contributed by atoms with E-state index in [1.54, 1.807) is 10.6 Å². The summed E-state index contributed by atoms with van der Waals surface area (Å²) in [5.41, 5.74) is 2.35. The van der Waals surface area contributed by atoms with Gasteiger partial charge in [-0.3, -0.25) is 9.20 Å². The summed E-state index contributed by atoms with van der Waals surface area (Å²) < 4.78 is 1.79. The molecule has 2 N–H and O–H groups in total. The second kappa shape index (κ2) is 5.84. The first kappa shape index (κ1) is 13.5. The molecule has 0 bridgehead atoms. The number of nitrogens with one attached hydrogen (secondary N) is 1. The summed E-state index contributed by atoms with van der Waals surface area (Å²) in [5, 5.41) is 11.9. The molecule has 2 aromatic heterocycles. The predicted octanol–water partition coefficient (Wildman–Crippen LogP) is 1.53. The van der Waals surface area contributed by atoms with Crippen molar-refractivity contribution in [2.75, 3.05) is 6.61 Å². The van der Waals surface area contributed by atoms with Crippen molar-refractivity contribution in [1.29, 1.82) is 0 Å². The number of aryl methyl sites for hydroxylation is 1. The number of rotatable bonds is 5. The normalized spacial score (nSPS) is 12.6. The standard InChI is InChI=1S/C14H19N3O2/c1-3-11(6-7-18)16-14(19)12-8-15-13-5-4-10(2)9-17(12)13/h4-5,8-9,11,18H,3,6-7H2,1-2H3,(H,16,19). The van der Waals surface area contributed by atoms with E-state index in [1.807, 2.05) is 32.2 Å². The maximum absolute atomic E-state index is 12.2. The summed E-state index contributed by atoms with van der Waals surface area (Å²) in [6.45, 7) is 4.03. The molecule has 0 aromatic carbocycles. The Morgan fingerprint density at radius 3 is 3.00 bits per heavy atom. The Bertz CT molecular complexity index is 577. The minimum atomic E-state index is -0.154. The molecule has 0 saturated heterocycles. The average molecular weight is 261 g/mol. The molecule has 0 spiro atoms. The maximum atomic E-state index is 12.2. The summed E-state index contributed by atoms with van der Waals surface area (Å²) >= 11 is 0. The number of fused-ring (bicyclic) bond motifs is 1. The van der Waals surface area contributed by atoms with E-state index < -0.39 is 0 Å². The third-order valence-electron chi connectivity index (χ3n) is 3.19. The monoisotopic (exact) mass is 261 g/mol. The molecule has 0 aliphatic rings. The highest BCUT2D eigenvalue weighted by atomic mass is 16.3. The molecule has 102 valence electrons. The van der Waals surface area contributed by atoms with Crippen molar-refractivity contribution >= 4 is 11.6 Å². The molecule has 5 heteroatoms. The summed E-state index contributed by atoms with van der Waals surface area (Å²) in [5.74, 6) is -0.154. The van der Waals surface area contributed by atoms with Crippen LogP contribution in [0.1, 0.15) is 35.8 Å². The Labute approximate surface area is 112 Å². The number of imidazole rings is 1. The summed E-state index contributed by atoms with van der Waals surface area (Å²) in [7, 11) is 0. The maximum Gasteiger partial charge on any atom is 0.270 e. The Balaban J connectivity index is 2.23. The number of hydrogen-bond acceptors (Lipinski definition) is 3. The number of hydrogen-bond donors (Lipinski definition) is 2. The van der Waals surface area contributed by atoms with Crippen LogP contribution in [0.3, 0.4) is 0 Å². The van der Waals surface area contributed by atoms with Gasteiger partial charge in [0.25, 0.3) is 5.91 Å². The fourth-order valence-corrected chi connectivity index (χ4v) is 2.05. The summed E-state index contributed by atoms with van der Waals surface area (Å²) in [4.78, 5) is 16.4. The number of aromatic nitrogens is 2. The van der Waals surface area contributed by atoms with Crippen molar-refractivity contribution in [2.45, 2.75) is 32.7 Å². The van der Waals surface area contributed by atoms with Crippen LogP contribution in [0.15, 0.2) is 24.5 Å². The SMILES string of the molecule is CCC(CCO)NC(=O)c1cnc2ccc(C)cn12. The molecule has 0 radical (unpaired) electrons. The quantitative estimate of drug-likeness (QED) is 0.858. The number of amides is 1. The van der Waals surface area contributed by atoms with Gasteiger partial charge in [0, 0.05) is 18.8 Å². The van der Waals surface area contributed by atoms with Gasteiger partial charge in [-0.25, -0.2) is 4.98 Å². The number of pyridine rings is 1. The van der Waals surface area contributed by atoms with Crippen LogP contribution in [0, 0.1) is 6.92 Å². The Hall–Kier alpha value is -1.88. The van der Waals surface area contributed by atoms with Gasteiger partial charge in [-0.05, 0) is 31.4 Å². The van der Waals surface area contributed by atoms with Crippen molar-refractivity contribution in [2.24, 2.45) is 0 Å². The van der Waals surface area contributed by atoms with Gasteiger partial charge in [0.2, 0.25) is 0 Å². The van der Waals surface area contributed by atoms with E-state index in [0.717, 1.165) is 17.6 Å². The first-order chi connectivity index (χ1) is 9.15. The lowest BCUT2D eigenvalue weighted by atomic mass is 10.1. The highest BCUT2D eigenvalue weighted by Gasteiger charge is 2.15. The van der Waals surface area contributed by atoms with Crippen molar-refractivity contribution in [3.63, 3.8) is 0 Å². The van der Waals surface area contributed by atoms with Crippen LogP contribution >= 0.6 is 0 Å². The third kappa shape index (κ3) is 2.93. The van der Waals surface area contributed by atoms with Crippen LogP contribution in [0.25, 0.3) is 5.65 Å². The molecule has 5 nitrogen and oxygen atoms in total. The van der Waals surface area contributed by atoms with Crippen LogP contribution < -0.4 is 5.32 Å². The Morgan fingerprint density at radius 1 is 1.53 bits per heavy atom. The van der Waals surface area contributed by atoms with Gasteiger partial charge in [-0.15, -0.1) is 0 Å². The number of aliphatic hydroxyl groups is 1. The molecule has 0 aliphatic carbocycles. The van der Waals surface area contributed by atoms with Gasteiger partial charge < -0.3 is 10.4 Å². The molecule has 1 amide bonds.